The van der Waals surface area contributed by atoms with Gasteiger partial charge in [0.1, 0.15) is 11.7 Å². The molecule has 5 rings (SSSR count). The lowest BCUT2D eigenvalue weighted by Crippen LogP contribution is -2.36. The Kier molecular flexibility index (Phi) is 4.55. The molecule has 0 saturated heterocycles. The van der Waals surface area contributed by atoms with E-state index in [1.54, 1.807) is 30.1 Å². The number of benzene rings is 1. The van der Waals surface area contributed by atoms with Gasteiger partial charge in [-0.2, -0.15) is 24.9 Å². The molecule has 10 heteroatoms. The Bertz CT molecular complexity index is 1270. The average molecular weight is 431 g/mol. The van der Waals surface area contributed by atoms with Crippen LogP contribution in [0.4, 0.5) is 11.5 Å². The Hall–Kier alpha value is -3.92. The number of rotatable bonds is 3. The molecule has 2 amide bonds. The zero-order valence-electron chi connectivity index (χ0n) is 16.7. The molecule has 2 aliphatic rings. The molecule has 2 aliphatic heterocycles. The van der Waals surface area contributed by atoms with Crippen molar-refractivity contribution in [1.29, 1.82) is 0 Å². The van der Waals surface area contributed by atoms with Crippen LogP contribution in [0.2, 0.25) is 0 Å². The summed E-state index contributed by atoms with van der Waals surface area (Å²) in [5.41, 5.74) is 2.56. The Balaban J connectivity index is 1.50. The lowest BCUT2D eigenvalue weighted by Gasteiger charge is -2.20. The van der Waals surface area contributed by atoms with Crippen molar-refractivity contribution >= 4 is 52.7 Å². The number of hydrogen-bond donors (Lipinski definition) is 1. The molecule has 1 atom stereocenters. The summed E-state index contributed by atoms with van der Waals surface area (Å²) >= 11 is 1.33. The van der Waals surface area contributed by atoms with Crippen LogP contribution in [0, 0.1) is 19.8 Å². The average Bonchev–Trinajstić information content (AvgIpc) is 3.48. The van der Waals surface area contributed by atoms with Crippen molar-refractivity contribution in [2.75, 3.05) is 10.3 Å². The number of thiophene rings is 1. The first-order valence-corrected chi connectivity index (χ1v) is 10.4. The molecule has 2 aromatic heterocycles. The van der Waals surface area contributed by atoms with Gasteiger partial charge in [-0.25, -0.2) is 5.01 Å². The molecule has 1 N–H and O–H groups in total. The molecule has 0 spiro atoms. The Morgan fingerprint density at radius 2 is 1.94 bits per heavy atom. The topological polar surface area (TPSA) is 104 Å². The van der Waals surface area contributed by atoms with Crippen LogP contribution >= 0.6 is 11.3 Å². The van der Waals surface area contributed by atoms with Crippen LogP contribution < -0.4 is 10.3 Å². The predicted molar refractivity (Wildman–Crippen MR) is 120 cm³/mol. The van der Waals surface area contributed by atoms with Gasteiger partial charge in [-0.05, 0) is 37.4 Å². The molecule has 1 unspecified atom stereocenters. The third-order valence-corrected chi connectivity index (χ3v) is 5.67. The molecule has 31 heavy (non-hydrogen) atoms. The van der Waals surface area contributed by atoms with E-state index in [9.17, 15) is 9.59 Å². The van der Waals surface area contributed by atoms with Crippen molar-refractivity contribution in [2.24, 2.45) is 21.0 Å². The number of carbonyl (C=O) groups is 2. The molecule has 0 aliphatic carbocycles. The summed E-state index contributed by atoms with van der Waals surface area (Å²) < 4.78 is 1.37. The van der Waals surface area contributed by atoms with E-state index in [0.717, 1.165) is 11.3 Å². The second-order valence-corrected chi connectivity index (χ2v) is 8.07. The number of carbonyl (C=O) groups excluding carboxylic acids is 2. The second-order valence-electron chi connectivity index (χ2n) is 7.12. The summed E-state index contributed by atoms with van der Waals surface area (Å²) in [7, 11) is 0. The molecule has 0 saturated carbocycles. The number of hydrogen-bond acceptors (Lipinski definition) is 7. The number of aromatic nitrogens is 2. The van der Waals surface area contributed by atoms with Gasteiger partial charge in [-0.3, -0.25) is 9.59 Å². The van der Waals surface area contributed by atoms with Crippen molar-refractivity contribution in [1.82, 2.24) is 9.78 Å². The molecule has 1 aromatic carbocycles. The first kappa shape index (κ1) is 19.1. The fraction of sp³-hybridized carbons (Fsp3) is 0.143. The molecular formula is C21H17N7O2S. The molecular weight excluding hydrogens is 414 g/mol. The summed E-state index contributed by atoms with van der Waals surface area (Å²) in [5.74, 6) is -0.398. The molecule has 0 radical (unpaired) electrons. The number of aliphatic imine (C=N–C) groups is 2. The minimum absolute atomic E-state index is 0.0773. The van der Waals surface area contributed by atoms with Gasteiger partial charge in [0.2, 0.25) is 0 Å². The first-order valence-electron chi connectivity index (χ1n) is 9.53. The van der Waals surface area contributed by atoms with Crippen molar-refractivity contribution in [3.63, 3.8) is 0 Å². The van der Waals surface area contributed by atoms with Gasteiger partial charge in [0, 0.05) is 12.3 Å². The van der Waals surface area contributed by atoms with Gasteiger partial charge in [0.05, 0.1) is 16.3 Å². The standard InChI is InChI=1S/C21H17N7O2S/c1-12-5-7-14(8-6-12)27-18-15(11-22-27)19(29)25-21(24-18)28-17(10-13(2)26-28)23-20(30)16-4-3-9-31-16/h3-11,15H,1-2H3,(H,23,30). The van der Waals surface area contributed by atoms with E-state index < -0.39 is 5.92 Å². The quantitative estimate of drug-likeness (QED) is 0.688. The highest BCUT2D eigenvalue weighted by atomic mass is 32.1. The normalized spacial score (nSPS) is 17.4. The van der Waals surface area contributed by atoms with Crippen LogP contribution in [-0.2, 0) is 4.79 Å². The van der Waals surface area contributed by atoms with E-state index in [1.807, 2.05) is 36.6 Å². The van der Waals surface area contributed by atoms with Crippen LogP contribution in [0.1, 0.15) is 20.9 Å². The smallest absolute Gasteiger partial charge is 0.266 e. The van der Waals surface area contributed by atoms with Crippen molar-refractivity contribution in [3.8, 4) is 0 Å². The fourth-order valence-electron chi connectivity index (χ4n) is 3.28. The predicted octanol–water partition coefficient (Wildman–Crippen LogP) is 3.08. The van der Waals surface area contributed by atoms with Crippen LogP contribution in [0.25, 0.3) is 0 Å². The van der Waals surface area contributed by atoms with E-state index in [2.05, 4.69) is 25.5 Å². The van der Waals surface area contributed by atoms with Crippen molar-refractivity contribution in [2.45, 2.75) is 13.8 Å². The van der Waals surface area contributed by atoms with Crippen molar-refractivity contribution in [3.05, 3.63) is 64.0 Å². The SMILES string of the molecule is Cc1ccc(N2N=CC3C(=O)N=C(n4nc(C)cc4NC(=O)c4cccs4)N=C32)cc1. The van der Waals surface area contributed by atoms with Crippen LogP contribution in [0.15, 0.2) is 62.9 Å². The van der Waals surface area contributed by atoms with E-state index in [-0.39, 0.29) is 17.8 Å². The summed E-state index contributed by atoms with van der Waals surface area (Å²) in [6.45, 7) is 3.79. The zero-order valence-corrected chi connectivity index (χ0v) is 17.5. The first-order chi connectivity index (χ1) is 15.0. The Morgan fingerprint density at radius 3 is 2.68 bits per heavy atom. The number of fused-ring (bicyclic) bond motifs is 1. The highest BCUT2D eigenvalue weighted by molar-refractivity contribution is 7.12. The van der Waals surface area contributed by atoms with E-state index in [0.29, 0.717) is 22.2 Å². The van der Waals surface area contributed by atoms with Crippen LogP contribution in [-0.4, -0.2) is 39.6 Å². The number of nitrogens with zero attached hydrogens (tertiary/aromatic N) is 6. The van der Waals surface area contributed by atoms with E-state index in [4.69, 9.17) is 0 Å². The summed E-state index contributed by atoms with van der Waals surface area (Å²) in [6, 6.07) is 13.0. The molecule has 154 valence electrons. The minimum Gasteiger partial charge on any atom is -0.306 e. The maximum atomic E-state index is 12.7. The number of nitrogens with one attached hydrogen (secondary N) is 1. The number of hydrazone groups is 1. The monoisotopic (exact) mass is 431 g/mol. The lowest BCUT2D eigenvalue weighted by molar-refractivity contribution is -0.118. The van der Waals surface area contributed by atoms with Crippen LogP contribution in [0.5, 0.6) is 0 Å². The number of aryl methyl sites for hydroxylation is 2. The lowest BCUT2D eigenvalue weighted by atomic mass is 10.1. The molecule has 0 bridgehead atoms. The molecule has 0 fully saturated rings. The largest absolute Gasteiger partial charge is 0.306 e. The van der Waals surface area contributed by atoms with Gasteiger partial charge >= 0.3 is 0 Å². The third kappa shape index (κ3) is 3.46. The summed E-state index contributed by atoms with van der Waals surface area (Å²) in [5, 5.41) is 15.0. The Morgan fingerprint density at radius 1 is 1.13 bits per heavy atom. The molecule has 4 heterocycles. The van der Waals surface area contributed by atoms with E-state index >= 15 is 0 Å². The van der Waals surface area contributed by atoms with E-state index in [1.165, 1.54) is 22.2 Å². The minimum atomic E-state index is -0.647. The van der Waals surface area contributed by atoms with Gasteiger partial charge in [-0.1, -0.05) is 23.8 Å². The number of amides is 2. The third-order valence-electron chi connectivity index (χ3n) is 4.80. The van der Waals surface area contributed by atoms with Gasteiger partial charge in [-0.15, -0.1) is 11.3 Å². The van der Waals surface area contributed by atoms with Crippen molar-refractivity contribution < 1.29 is 9.59 Å². The van der Waals surface area contributed by atoms with Gasteiger partial charge in [0.25, 0.3) is 17.8 Å². The number of anilines is 2. The Labute approximate surface area is 181 Å². The number of amidine groups is 1. The molecule has 9 nitrogen and oxygen atoms in total. The summed E-state index contributed by atoms with van der Waals surface area (Å²) in [4.78, 5) is 34.5. The highest BCUT2D eigenvalue weighted by Gasteiger charge is 2.37. The maximum Gasteiger partial charge on any atom is 0.266 e. The van der Waals surface area contributed by atoms with Gasteiger partial charge < -0.3 is 5.32 Å². The second kappa shape index (κ2) is 7.40. The van der Waals surface area contributed by atoms with Crippen LogP contribution in [0.3, 0.4) is 0 Å². The molecule has 3 aromatic rings. The highest BCUT2D eigenvalue weighted by Crippen LogP contribution is 2.26. The fourth-order valence-corrected chi connectivity index (χ4v) is 3.90. The zero-order chi connectivity index (χ0) is 21.5. The van der Waals surface area contributed by atoms with Gasteiger partial charge in [0.15, 0.2) is 5.84 Å². The summed E-state index contributed by atoms with van der Waals surface area (Å²) in [6.07, 6.45) is 1.54. The maximum absolute atomic E-state index is 12.7.